The summed E-state index contributed by atoms with van der Waals surface area (Å²) in [5.41, 5.74) is 1.73. The molecular weight excluding hydrogens is 467 g/mol. The van der Waals surface area contributed by atoms with Crippen molar-refractivity contribution in [3.05, 3.63) is 52.5 Å². The molecule has 0 radical (unpaired) electrons. The van der Waals surface area contributed by atoms with Crippen molar-refractivity contribution in [3.8, 4) is 16.3 Å². The van der Waals surface area contributed by atoms with Gasteiger partial charge in [-0.3, -0.25) is 4.79 Å². The van der Waals surface area contributed by atoms with Gasteiger partial charge in [0.25, 0.3) is 0 Å². The number of aromatic nitrogens is 2. The smallest absolute Gasteiger partial charge is 0.225 e. The molecule has 3 aromatic rings. The van der Waals surface area contributed by atoms with Gasteiger partial charge < -0.3 is 15.0 Å². The van der Waals surface area contributed by atoms with Gasteiger partial charge in [-0.25, -0.2) is 0 Å². The zero-order valence-electron chi connectivity index (χ0n) is 17.7. The minimum atomic E-state index is 0.171. The summed E-state index contributed by atoms with van der Waals surface area (Å²) < 4.78 is 5.77. The third-order valence-electron chi connectivity index (χ3n) is 5.42. The first-order valence-electron chi connectivity index (χ1n) is 10.5. The number of ether oxygens (including phenoxy) is 1. The number of nitrogens with zero attached hydrogens (tertiary/aromatic N) is 3. The van der Waals surface area contributed by atoms with E-state index in [2.05, 4.69) is 22.4 Å². The van der Waals surface area contributed by atoms with Crippen LogP contribution in [0.2, 0.25) is 10.0 Å². The normalized spacial score (nSPS) is 14.4. The summed E-state index contributed by atoms with van der Waals surface area (Å²) in [5.74, 6) is 1.61. The van der Waals surface area contributed by atoms with Crippen LogP contribution >= 0.6 is 34.5 Å². The number of carbonyl (C=O) groups excluding carboxylic acids is 1. The van der Waals surface area contributed by atoms with E-state index in [1.165, 1.54) is 11.3 Å². The van der Waals surface area contributed by atoms with Crippen LogP contribution in [0.15, 0.2) is 42.5 Å². The van der Waals surface area contributed by atoms with Gasteiger partial charge in [0.2, 0.25) is 11.0 Å². The molecule has 0 atom stereocenters. The van der Waals surface area contributed by atoms with Crippen LogP contribution < -0.4 is 10.1 Å². The highest BCUT2D eigenvalue weighted by Crippen LogP contribution is 2.31. The number of hydrogen-bond donors (Lipinski definition) is 1. The Bertz CT molecular complexity index is 1070. The average molecular weight is 491 g/mol. The zero-order chi connectivity index (χ0) is 22.5. The van der Waals surface area contributed by atoms with Crippen molar-refractivity contribution in [2.45, 2.75) is 26.2 Å². The van der Waals surface area contributed by atoms with Crippen LogP contribution in [0.1, 0.15) is 26.2 Å². The Balaban J connectivity index is 1.28. The van der Waals surface area contributed by atoms with Gasteiger partial charge in [-0.15, -0.1) is 10.2 Å². The Morgan fingerprint density at radius 1 is 1.12 bits per heavy atom. The van der Waals surface area contributed by atoms with E-state index in [1.807, 2.05) is 35.2 Å². The van der Waals surface area contributed by atoms with Crippen molar-refractivity contribution in [2.24, 2.45) is 5.92 Å². The second-order valence-corrected chi connectivity index (χ2v) is 9.64. The summed E-state index contributed by atoms with van der Waals surface area (Å²) in [6.07, 6.45) is 2.57. The van der Waals surface area contributed by atoms with Crippen LogP contribution in [-0.2, 0) is 4.79 Å². The molecule has 1 fully saturated rings. The lowest BCUT2D eigenvalue weighted by Crippen LogP contribution is -2.38. The van der Waals surface area contributed by atoms with E-state index < -0.39 is 0 Å². The van der Waals surface area contributed by atoms with Crippen molar-refractivity contribution in [1.29, 1.82) is 0 Å². The minimum Gasteiger partial charge on any atom is -0.493 e. The SMILES string of the molecule is CC1CCN(C(=O)CCOc2ccc(-c3nnc(Nc4ccc(Cl)c(Cl)c4)s3)cc2)CC1. The van der Waals surface area contributed by atoms with E-state index >= 15 is 0 Å². The second kappa shape index (κ2) is 10.5. The number of anilines is 2. The van der Waals surface area contributed by atoms with Gasteiger partial charge in [-0.2, -0.15) is 0 Å². The van der Waals surface area contributed by atoms with Crippen molar-refractivity contribution in [1.82, 2.24) is 15.1 Å². The molecule has 0 saturated carbocycles. The van der Waals surface area contributed by atoms with Crippen LogP contribution in [0, 0.1) is 5.92 Å². The largest absolute Gasteiger partial charge is 0.493 e. The van der Waals surface area contributed by atoms with Gasteiger partial charge in [0.05, 0.1) is 23.1 Å². The van der Waals surface area contributed by atoms with Crippen LogP contribution in [-0.4, -0.2) is 40.7 Å². The summed E-state index contributed by atoms with van der Waals surface area (Å²) in [7, 11) is 0. The maximum atomic E-state index is 12.3. The highest BCUT2D eigenvalue weighted by atomic mass is 35.5. The molecule has 1 saturated heterocycles. The fourth-order valence-corrected chi connectivity index (χ4v) is 4.52. The number of amides is 1. The molecule has 2 heterocycles. The molecular formula is C23H24Cl2N4O2S. The fourth-order valence-electron chi connectivity index (χ4n) is 3.45. The maximum Gasteiger partial charge on any atom is 0.225 e. The van der Waals surface area contributed by atoms with E-state index in [9.17, 15) is 4.79 Å². The molecule has 0 bridgehead atoms. The highest BCUT2D eigenvalue weighted by Gasteiger charge is 2.20. The lowest BCUT2D eigenvalue weighted by atomic mass is 9.99. The third kappa shape index (κ3) is 5.91. The van der Waals surface area contributed by atoms with E-state index in [1.54, 1.807) is 12.1 Å². The number of halogens is 2. The molecule has 1 N–H and O–H groups in total. The molecule has 9 heteroatoms. The number of nitrogens with one attached hydrogen (secondary N) is 1. The predicted molar refractivity (Wildman–Crippen MR) is 130 cm³/mol. The molecule has 0 unspecified atom stereocenters. The van der Waals surface area contributed by atoms with Gasteiger partial charge in [0, 0.05) is 24.3 Å². The number of carbonyl (C=O) groups is 1. The van der Waals surface area contributed by atoms with E-state index in [-0.39, 0.29) is 5.91 Å². The molecule has 1 aliphatic heterocycles. The minimum absolute atomic E-state index is 0.171. The predicted octanol–water partition coefficient (Wildman–Crippen LogP) is 6.28. The first-order valence-corrected chi connectivity index (χ1v) is 12.1. The number of rotatable bonds is 7. The Hall–Kier alpha value is -2.35. The Labute approximate surface area is 201 Å². The first kappa shape index (κ1) is 22.8. The monoisotopic (exact) mass is 490 g/mol. The molecule has 1 aromatic heterocycles. The van der Waals surface area contributed by atoms with Crippen molar-refractivity contribution in [3.63, 3.8) is 0 Å². The summed E-state index contributed by atoms with van der Waals surface area (Å²) in [6.45, 7) is 4.33. The Kier molecular flexibility index (Phi) is 7.50. The van der Waals surface area contributed by atoms with Crippen LogP contribution in [0.5, 0.6) is 5.75 Å². The summed E-state index contributed by atoms with van der Waals surface area (Å²) >= 11 is 13.4. The van der Waals surface area contributed by atoms with E-state index in [0.29, 0.717) is 34.1 Å². The number of benzene rings is 2. The highest BCUT2D eigenvalue weighted by molar-refractivity contribution is 7.18. The van der Waals surface area contributed by atoms with E-state index in [0.717, 1.165) is 47.9 Å². The zero-order valence-corrected chi connectivity index (χ0v) is 20.0. The number of hydrogen-bond acceptors (Lipinski definition) is 6. The topological polar surface area (TPSA) is 67.4 Å². The molecule has 168 valence electrons. The first-order chi connectivity index (χ1) is 15.5. The molecule has 0 aliphatic carbocycles. The molecule has 4 rings (SSSR count). The molecule has 1 aliphatic rings. The molecule has 0 spiro atoms. The summed E-state index contributed by atoms with van der Waals surface area (Å²) in [5, 5.41) is 14.0. The average Bonchev–Trinajstić information content (AvgIpc) is 3.25. The number of piperidine rings is 1. The van der Waals surface area contributed by atoms with Crippen LogP contribution in [0.25, 0.3) is 10.6 Å². The van der Waals surface area contributed by atoms with Gasteiger partial charge >= 0.3 is 0 Å². The van der Waals surface area contributed by atoms with Crippen molar-refractivity contribution in [2.75, 3.05) is 25.0 Å². The van der Waals surface area contributed by atoms with Gasteiger partial charge in [0.1, 0.15) is 10.8 Å². The van der Waals surface area contributed by atoms with Gasteiger partial charge in [-0.1, -0.05) is 41.5 Å². The van der Waals surface area contributed by atoms with Crippen molar-refractivity contribution >= 4 is 51.3 Å². The third-order valence-corrected chi connectivity index (χ3v) is 7.04. The summed E-state index contributed by atoms with van der Waals surface area (Å²) in [6, 6.07) is 12.9. The van der Waals surface area contributed by atoms with Crippen LogP contribution in [0.4, 0.5) is 10.8 Å². The van der Waals surface area contributed by atoms with Crippen LogP contribution in [0.3, 0.4) is 0 Å². The molecule has 6 nitrogen and oxygen atoms in total. The molecule has 32 heavy (non-hydrogen) atoms. The fraction of sp³-hybridized carbons (Fsp3) is 0.348. The Morgan fingerprint density at radius 2 is 1.88 bits per heavy atom. The quantitative estimate of drug-likeness (QED) is 0.421. The van der Waals surface area contributed by atoms with Gasteiger partial charge in [0.15, 0.2) is 0 Å². The standard InChI is InChI=1S/C23H24Cl2N4O2S/c1-15-8-11-29(12-9-15)21(30)10-13-31-18-5-2-16(3-6-18)22-27-28-23(32-22)26-17-4-7-19(24)20(25)14-17/h2-7,14-15H,8-13H2,1H3,(H,26,28). The maximum absolute atomic E-state index is 12.3. The van der Waals surface area contributed by atoms with Gasteiger partial charge in [-0.05, 0) is 61.2 Å². The van der Waals surface area contributed by atoms with E-state index in [4.69, 9.17) is 27.9 Å². The molecule has 1 amide bonds. The van der Waals surface area contributed by atoms with Crippen molar-refractivity contribution < 1.29 is 9.53 Å². The summed E-state index contributed by atoms with van der Waals surface area (Å²) in [4.78, 5) is 14.3. The second-order valence-electron chi connectivity index (χ2n) is 7.85. The molecule has 2 aromatic carbocycles. The Morgan fingerprint density at radius 3 is 2.59 bits per heavy atom. The number of likely N-dealkylation sites (tertiary alicyclic amines) is 1. The lowest BCUT2D eigenvalue weighted by Gasteiger charge is -2.30. The lowest BCUT2D eigenvalue weighted by molar-refractivity contribution is -0.133.